The first-order chi connectivity index (χ1) is 14.5. The molecule has 0 saturated heterocycles. The van der Waals surface area contributed by atoms with Crippen LogP contribution in [0, 0.1) is 6.92 Å². The molecular weight excluding hydrogens is 396 g/mol. The molecule has 1 aromatic heterocycles. The Bertz CT molecular complexity index is 1230. The predicted octanol–water partition coefficient (Wildman–Crippen LogP) is 7.22. The molecular formula is C25H23ClN2O2. The number of rotatable bonds is 5. The van der Waals surface area contributed by atoms with Gasteiger partial charge in [0.25, 0.3) is 5.91 Å². The number of oxazole rings is 1. The first kappa shape index (κ1) is 20.2. The van der Waals surface area contributed by atoms with E-state index in [9.17, 15) is 4.79 Å². The van der Waals surface area contributed by atoms with E-state index >= 15 is 0 Å². The first-order valence-electron chi connectivity index (χ1n) is 10.0. The second-order valence-corrected chi connectivity index (χ2v) is 7.93. The molecule has 0 radical (unpaired) electrons. The molecule has 5 heteroatoms. The number of hydrogen-bond acceptors (Lipinski definition) is 3. The number of benzene rings is 3. The van der Waals surface area contributed by atoms with Crippen molar-refractivity contribution >= 4 is 34.3 Å². The van der Waals surface area contributed by atoms with Crippen molar-refractivity contribution in [1.82, 2.24) is 4.98 Å². The van der Waals surface area contributed by atoms with Gasteiger partial charge in [-0.15, -0.1) is 0 Å². The van der Waals surface area contributed by atoms with Gasteiger partial charge < -0.3 is 9.73 Å². The van der Waals surface area contributed by atoms with E-state index in [-0.39, 0.29) is 5.91 Å². The van der Waals surface area contributed by atoms with Crippen LogP contribution in [0.25, 0.3) is 22.6 Å². The van der Waals surface area contributed by atoms with E-state index in [0.29, 0.717) is 28.1 Å². The van der Waals surface area contributed by atoms with Gasteiger partial charge in [-0.05, 0) is 66.8 Å². The van der Waals surface area contributed by atoms with Crippen LogP contribution in [0.1, 0.15) is 47.7 Å². The molecule has 0 bridgehead atoms. The molecule has 0 spiro atoms. The maximum absolute atomic E-state index is 12.7. The van der Waals surface area contributed by atoms with Crippen molar-refractivity contribution in [3.8, 4) is 11.5 Å². The van der Waals surface area contributed by atoms with Gasteiger partial charge in [0.1, 0.15) is 5.52 Å². The second kappa shape index (κ2) is 8.33. The Morgan fingerprint density at radius 2 is 1.93 bits per heavy atom. The molecule has 1 amide bonds. The minimum atomic E-state index is -0.206. The number of nitrogens with zero attached hydrogens (tertiary/aromatic N) is 1. The zero-order valence-corrected chi connectivity index (χ0v) is 18.0. The smallest absolute Gasteiger partial charge is 0.255 e. The summed E-state index contributed by atoms with van der Waals surface area (Å²) in [6, 6.07) is 18.9. The molecule has 4 rings (SSSR count). The monoisotopic (exact) mass is 418 g/mol. The third kappa shape index (κ3) is 3.96. The molecule has 0 aliphatic carbocycles. The van der Waals surface area contributed by atoms with Crippen LogP contribution in [0.4, 0.5) is 5.69 Å². The quantitative estimate of drug-likeness (QED) is 0.372. The first-order valence-corrected chi connectivity index (χ1v) is 10.4. The molecule has 1 N–H and O–H groups in total. The Labute approximate surface area is 180 Å². The van der Waals surface area contributed by atoms with E-state index in [2.05, 4.69) is 36.3 Å². The van der Waals surface area contributed by atoms with Crippen molar-refractivity contribution in [1.29, 1.82) is 0 Å². The fourth-order valence-corrected chi connectivity index (χ4v) is 3.55. The van der Waals surface area contributed by atoms with E-state index in [1.165, 1.54) is 5.56 Å². The summed E-state index contributed by atoms with van der Waals surface area (Å²) in [5.41, 5.74) is 5.58. The molecule has 0 fully saturated rings. The van der Waals surface area contributed by atoms with Crippen LogP contribution in [0.5, 0.6) is 0 Å². The van der Waals surface area contributed by atoms with E-state index in [0.717, 1.165) is 28.6 Å². The highest BCUT2D eigenvalue weighted by atomic mass is 35.5. The Morgan fingerprint density at radius 3 is 2.70 bits per heavy atom. The fraction of sp³-hybridized carbons (Fsp3) is 0.200. The number of carbonyl (C=O) groups is 1. The van der Waals surface area contributed by atoms with Gasteiger partial charge in [-0.25, -0.2) is 4.98 Å². The molecule has 152 valence electrons. The molecule has 3 aromatic carbocycles. The zero-order valence-electron chi connectivity index (χ0n) is 17.2. The zero-order chi connectivity index (χ0) is 21.3. The number of amides is 1. The molecule has 0 aliphatic heterocycles. The van der Waals surface area contributed by atoms with Gasteiger partial charge in [0, 0.05) is 11.1 Å². The van der Waals surface area contributed by atoms with Gasteiger partial charge in [0.2, 0.25) is 5.89 Å². The van der Waals surface area contributed by atoms with Crippen molar-refractivity contribution in [3.63, 3.8) is 0 Å². The van der Waals surface area contributed by atoms with Gasteiger partial charge in [0.15, 0.2) is 5.58 Å². The number of fused-ring (bicyclic) bond motifs is 1. The highest BCUT2D eigenvalue weighted by Gasteiger charge is 2.15. The minimum Gasteiger partial charge on any atom is -0.436 e. The van der Waals surface area contributed by atoms with Gasteiger partial charge in [-0.1, -0.05) is 49.7 Å². The summed E-state index contributed by atoms with van der Waals surface area (Å²) >= 11 is 6.34. The summed E-state index contributed by atoms with van der Waals surface area (Å²) in [5, 5.41) is 3.36. The Morgan fingerprint density at radius 1 is 1.13 bits per heavy atom. The van der Waals surface area contributed by atoms with Gasteiger partial charge in [-0.2, -0.15) is 0 Å². The van der Waals surface area contributed by atoms with Crippen LogP contribution in [-0.2, 0) is 0 Å². The van der Waals surface area contributed by atoms with Crippen LogP contribution in [0.15, 0.2) is 65.1 Å². The average Bonchev–Trinajstić information content (AvgIpc) is 3.18. The Balaban J connectivity index is 1.66. The summed E-state index contributed by atoms with van der Waals surface area (Å²) < 4.78 is 5.96. The van der Waals surface area contributed by atoms with Gasteiger partial charge in [-0.3, -0.25) is 4.79 Å². The normalized spacial score (nSPS) is 12.1. The number of halogens is 1. The SMILES string of the molecule is CC[C@H](C)c1ccc2oc(-c3ccc(Cl)c(NC(=O)c4ccccc4C)c3)nc2c1. The Kier molecular flexibility index (Phi) is 5.60. The molecule has 30 heavy (non-hydrogen) atoms. The summed E-state index contributed by atoms with van der Waals surface area (Å²) in [6.45, 7) is 6.27. The standard InChI is InChI=1S/C25H23ClN2O2/c1-4-15(2)17-10-12-23-22(13-17)28-25(30-23)18-9-11-20(26)21(14-18)27-24(29)19-8-6-5-7-16(19)3/h5-15H,4H2,1-3H3,(H,27,29)/t15-/m0/s1. The molecule has 0 aliphatic rings. The van der Waals surface area contributed by atoms with Crippen molar-refractivity contribution in [3.05, 3.63) is 82.4 Å². The van der Waals surface area contributed by atoms with Crippen LogP contribution in [0.3, 0.4) is 0 Å². The molecule has 1 atom stereocenters. The van der Waals surface area contributed by atoms with E-state index in [1.807, 2.05) is 37.3 Å². The van der Waals surface area contributed by atoms with Crippen molar-refractivity contribution in [2.75, 3.05) is 5.32 Å². The summed E-state index contributed by atoms with van der Waals surface area (Å²) in [7, 11) is 0. The number of nitrogens with one attached hydrogen (secondary N) is 1. The second-order valence-electron chi connectivity index (χ2n) is 7.52. The summed E-state index contributed by atoms with van der Waals surface area (Å²) in [6.07, 6.45) is 1.07. The highest BCUT2D eigenvalue weighted by Crippen LogP contribution is 2.32. The third-order valence-corrected chi connectivity index (χ3v) is 5.77. The maximum atomic E-state index is 12.7. The maximum Gasteiger partial charge on any atom is 0.255 e. The number of carbonyl (C=O) groups excluding carboxylic acids is 1. The van der Waals surface area contributed by atoms with E-state index in [4.69, 9.17) is 16.0 Å². The Hall–Kier alpha value is -3.11. The molecule has 1 heterocycles. The molecule has 4 nitrogen and oxygen atoms in total. The largest absolute Gasteiger partial charge is 0.436 e. The van der Waals surface area contributed by atoms with E-state index < -0.39 is 0 Å². The lowest BCUT2D eigenvalue weighted by atomic mass is 9.98. The van der Waals surface area contributed by atoms with Gasteiger partial charge in [0.05, 0.1) is 10.7 Å². The predicted molar refractivity (Wildman–Crippen MR) is 122 cm³/mol. The lowest BCUT2D eigenvalue weighted by molar-refractivity contribution is 0.102. The number of anilines is 1. The number of aryl methyl sites for hydroxylation is 1. The highest BCUT2D eigenvalue weighted by molar-refractivity contribution is 6.34. The van der Waals surface area contributed by atoms with E-state index in [1.54, 1.807) is 18.2 Å². The molecule has 4 aromatic rings. The van der Waals surface area contributed by atoms with Crippen molar-refractivity contribution < 1.29 is 9.21 Å². The van der Waals surface area contributed by atoms with Crippen LogP contribution >= 0.6 is 11.6 Å². The summed E-state index contributed by atoms with van der Waals surface area (Å²) in [5.74, 6) is 0.755. The lowest BCUT2D eigenvalue weighted by Crippen LogP contribution is -2.13. The number of hydrogen-bond donors (Lipinski definition) is 1. The van der Waals surface area contributed by atoms with Crippen molar-refractivity contribution in [2.24, 2.45) is 0 Å². The van der Waals surface area contributed by atoms with Gasteiger partial charge >= 0.3 is 0 Å². The number of aromatic nitrogens is 1. The molecule has 0 saturated carbocycles. The van der Waals surface area contributed by atoms with Crippen LogP contribution in [-0.4, -0.2) is 10.9 Å². The minimum absolute atomic E-state index is 0.206. The third-order valence-electron chi connectivity index (χ3n) is 5.44. The average molecular weight is 419 g/mol. The van der Waals surface area contributed by atoms with Crippen molar-refractivity contribution in [2.45, 2.75) is 33.1 Å². The van der Waals surface area contributed by atoms with Crippen LogP contribution < -0.4 is 5.32 Å². The fourth-order valence-electron chi connectivity index (χ4n) is 3.38. The van der Waals surface area contributed by atoms with Crippen LogP contribution in [0.2, 0.25) is 5.02 Å². The summed E-state index contributed by atoms with van der Waals surface area (Å²) in [4.78, 5) is 17.4. The molecule has 0 unspecified atom stereocenters. The lowest BCUT2D eigenvalue weighted by Gasteiger charge is -2.10. The topological polar surface area (TPSA) is 55.1 Å².